The summed E-state index contributed by atoms with van der Waals surface area (Å²) in [5, 5.41) is 9.08. The summed E-state index contributed by atoms with van der Waals surface area (Å²) in [4.78, 5) is 10.3. The van der Waals surface area contributed by atoms with Gasteiger partial charge in [-0.15, -0.1) is 0 Å². The molecular weight excluding hydrogens is 104 g/mol. The first-order chi connectivity index (χ1) is 3.62. The van der Waals surface area contributed by atoms with Crippen molar-refractivity contribution in [3.63, 3.8) is 0 Å². The Morgan fingerprint density at radius 1 is 1.75 bits per heavy atom. The fourth-order valence-electron chi connectivity index (χ4n) is 0.784. The number of aliphatic hydroxyl groups is 1. The van der Waals surface area contributed by atoms with Gasteiger partial charge >= 0.3 is 0 Å². The molecule has 0 aromatic carbocycles. The topological polar surface area (TPSA) is 37.3 Å². The van der Waals surface area contributed by atoms with Crippen molar-refractivity contribution in [2.75, 3.05) is 0 Å². The first-order valence-corrected chi connectivity index (χ1v) is 2.84. The van der Waals surface area contributed by atoms with Crippen LogP contribution in [-0.2, 0) is 4.79 Å². The van der Waals surface area contributed by atoms with Gasteiger partial charge < -0.3 is 5.11 Å². The summed E-state index contributed by atoms with van der Waals surface area (Å²) in [5.41, 5.74) is -0.578. The molecular formula is C6H10O2. The van der Waals surface area contributed by atoms with Crippen LogP contribution >= 0.6 is 0 Å². The molecule has 1 aliphatic rings. The van der Waals surface area contributed by atoms with Gasteiger partial charge in [0.1, 0.15) is 5.78 Å². The lowest BCUT2D eigenvalue weighted by Crippen LogP contribution is -2.10. The summed E-state index contributed by atoms with van der Waals surface area (Å²) in [6.45, 7) is 1.51. The molecule has 0 unspecified atom stereocenters. The summed E-state index contributed by atoms with van der Waals surface area (Å²) in [6, 6.07) is 0. The minimum Gasteiger partial charge on any atom is -0.389 e. The monoisotopic (exact) mass is 114 g/mol. The second-order valence-corrected chi connectivity index (χ2v) is 2.60. The molecule has 0 heterocycles. The fraction of sp³-hybridized carbons (Fsp3) is 0.833. The average Bonchev–Trinajstić information content (AvgIpc) is 2.17. The molecule has 1 saturated carbocycles. The summed E-state index contributed by atoms with van der Waals surface area (Å²) in [7, 11) is 0. The standard InChI is InChI=1S/C6H10O2/c1-5(7)4-6(8)2-3-6/h8H,2-4H2,1H3. The van der Waals surface area contributed by atoms with Crippen LogP contribution in [0.2, 0.25) is 0 Å². The van der Waals surface area contributed by atoms with Crippen molar-refractivity contribution in [2.45, 2.75) is 31.8 Å². The van der Waals surface area contributed by atoms with Crippen molar-refractivity contribution in [2.24, 2.45) is 0 Å². The maximum atomic E-state index is 10.3. The number of ketones is 1. The highest BCUT2D eigenvalue weighted by molar-refractivity contribution is 5.77. The van der Waals surface area contributed by atoms with E-state index in [1.54, 1.807) is 0 Å². The van der Waals surface area contributed by atoms with Crippen LogP contribution in [0.15, 0.2) is 0 Å². The minimum absolute atomic E-state index is 0.0880. The first kappa shape index (κ1) is 5.76. The fourth-order valence-corrected chi connectivity index (χ4v) is 0.784. The number of Topliss-reactive ketones (excluding diaryl/α,β-unsaturated/α-hetero) is 1. The van der Waals surface area contributed by atoms with Crippen LogP contribution in [0, 0.1) is 0 Å². The van der Waals surface area contributed by atoms with Crippen LogP contribution in [0.4, 0.5) is 0 Å². The van der Waals surface area contributed by atoms with Gasteiger partial charge in [-0.25, -0.2) is 0 Å². The Hall–Kier alpha value is -0.370. The van der Waals surface area contributed by atoms with Gasteiger partial charge in [-0.3, -0.25) is 4.79 Å². The molecule has 1 N–H and O–H groups in total. The van der Waals surface area contributed by atoms with E-state index in [0.717, 1.165) is 12.8 Å². The highest BCUT2D eigenvalue weighted by atomic mass is 16.3. The molecule has 0 bridgehead atoms. The van der Waals surface area contributed by atoms with Crippen molar-refractivity contribution in [3.05, 3.63) is 0 Å². The molecule has 8 heavy (non-hydrogen) atoms. The Morgan fingerprint density at radius 3 is 2.38 bits per heavy atom. The van der Waals surface area contributed by atoms with Gasteiger partial charge in [0.05, 0.1) is 5.60 Å². The molecule has 0 aliphatic heterocycles. The van der Waals surface area contributed by atoms with E-state index in [1.165, 1.54) is 6.92 Å². The molecule has 0 aromatic heterocycles. The quantitative estimate of drug-likeness (QED) is 0.567. The lowest BCUT2D eigenvalue weighted by atomic mass is 10.2. The maximum absolute atomic E-state index is 10.3. The van der Waals surface area contributed by atoms with E-state index in [4.69, 9.17) is 5.11 Å². The minimum atomic E-state index is -0.578. The lowest BCUT2D eigenvalue weighted by Gasteiger charge is -2.00. The van der Waals surface area contributed by atoms with Gasteiger partial charge in [0, 0.05) is 6.42 Å². The van der Waals surface area contributed by atoms with Crippen LogP contribution in [0.1, 0.15) is 26.2 Å². The average molecular weight is 114 g/mol. The molecule has 2 nitrogen and oxygen atoms in total. The third-order valence-corrected chi connectivity index (χ3v) is 1.41. The Labute approximate surface area is 48.5 Å². The Bertz CT molecular complexity index is 114. The van der Waals surface area contributed by atoms with E-state index in [2.05, 4.69) is 0 Å². The second kappa shape index (κ2) is 1.55. The summed E-state index contributed by atoms with van der Waals surface area (Å²) in [6.07, 6.45) is 1.98. The SMILES string of the molecule is CC(=O)CC1(O)CC1. The molecule has 0 radical (unpaired) electrons. The number of hydrogen-bond donors (Lipinski definition) is 1. The molecule has 2 heteroatoms. The number of hydrogen-bond acceptors (Lipinski definition) is 2. The Kier molecular flexibility index (Phi) is 1.12. The van der Waals surface area contributed by atoms with Crippen LogP contribution in [0.3, 0.4) is 0 Å². The highest BCUT2D eigenvalue weighted by Crippen LogP contribution is 2.38. The van der Waals surface area contributed by atoms with Crippen molar-refractivity contribution in [1.82, 2.24) is 0 Å². The predicted molar refractivity (Wildman–Crippen MR) is 29.5 cm³/mol. The van der Waals surface area contributed by atoms with E-state index >= 15 is 0 Å². The van der Waals surface area contributed by atoms with Gasteiger partial charge in [0.15, 0.2) is 0 Å². The van der Waals surface area contributed by atoms with E-state index in [9.17, 15) is 4.79 Å². The molecule has 0 aromatic rings. The van der Waals surface area contributed by atoms with Crippen molar-refractivity contribution in [1.29, 1.82) is 0 Å². The predicted octanol–water partition coefficient (Wildman–Crippen LogP) is 0.490. The summed E-state index contributed by atoms with van der Waals surface area (Å²) in [5.74, 6) is 0.0880. The Morgan fingerprint density at radius 2 is 2.25 bits per heavy atom. The van der Waals surface area contributed by atoms with E-state index < -0.39 is 5.60 Å². The van der Waals surface area contributed by atoms with Crippen LogP contribution in [-0.4, -0.2) is 16.5 Å². The second-order valence-electron chi connectivity index (χ2n) is 2.60. The number of carbonyl (C=O) groups excluding carboxylic acids is 1. The van der Waals surface area contributed by atoms with Gasteiger partial charge in [-0.2, -0.15) is 0 Å². The van der Waals surface area contributed by atoms with Crippen molar-refractivity contribution < 1.29 is 9.90 Å². The lowest BCUT2D eigenvalue weighted by molar-refractivity contribution is -0.119. The smallest absolute Gasteiger partial charge is 0.132 e. The van der Waals surface area contributed by atoms with E-state index in [0.29, 0.717) is 6.42 Å². The van der Waals surface area contributed by atoms with Crippen LogP contribution < -0.4 is 0 Å². The van der Waals surface area contributed by atoms with Crippen LogP contribution in [0.25, 0.3) is 0 Å². The molecule has 0 spiro atoms. The molecule has 1 fully saturated rings. The normalized spacial score (nSPS) is 22.8. The molecule has 1 aliphatic carbocycles. The van der Waals surface area contributed by atoms with Gasteiger partial charge in [-0.05, 0) is 19.8 Å². The largest absolute Gasteiger partial charge is 0.389 e. The van der Waals surface area contributed by atoms with Crippen molar-refractivity contribution >= 4 is 5.78 Å². The molecule has 0 amide bonds. The molecule has 1 rings (SSSR count). The molecule has 46 valence electrons. The zero-order valence-corrected chi connectivity index (χ0v) is 4.98. The van der Waals surface area contributed by atoms with Crippen LogP contribution in [0.5, 0.6) is 0 Å². The number of carbonyl (C=O) groups is 1. The zero-order valence-electron chi connectivity index (χ0n) is 4.98. The summed E-state index contributed by atoms with van der Waals surface area (Å²) < 4.78 is 0. The van der Waals surface area contributed by atoms with E-state index in [-0.39, 0.29) is 5.78 Å². The third-order valence-electron chi connectivity index (χ3n) is 1.41. The Balaban J connectivity index is 2.29. The zero-order chi connectivity index (χ0) is 6.20. The molecule has 0 atom stereocenters. The summed E-state index contributed by atoms with van der Waals surface area (Å²) >= 11 is 0. The number of rotatable bonds is 2. The van der Waals surface area contributed by atoms with Gasteiger partial charge in [0.25, 0.3) is 0 Å². The molecule has 0 saturated heterocycles. The van der Waals surface area contributed by atoms with Gasteiger partial charge in [-0.1, -0.05) is 0 Å². The first-order valence-electron chi connectivity index (χ1n) is 2.84. The maximum Gasteiger partial charge on any atom is 0.132 e. The van der Waals surface area contributed by atoms with Crippen molar-refractivity contribution in [3.8, 4) is 0 Å². The highest BCUT2D eigenvalue weighted by Gasteiger charge is 2.40. The van der Waals surface area contributed by atoms with Gasteiger partial charge in [0.2, 0.25) is 0 Å². The van der Waals surface area contributed by atoms with E-state index in [1.807, 2.05) is 0 Å². The third kappa shape index (κ3) is 1.30.